The summed E-state index contributed by atoms with van der Waals surface area (Å²) < 4.78 is 5.26. The van der Waals surface area contributed by atoms with Gasteiger partial charge in [0, 0.05) is 18.8 Å². The fraction of sp³-hybridized carbons (Fsp3) is 0.333. The molecule has 0 aromatic carbocycles. The van der Waals surface area contributed by atoms with Gasteiger partial charge in [0.05, 0.1) is 12.1 Å². The molecule has 84 valence electrons. The van der Waals surface area contributed by atoms with Gasteiger partial charge in [0.25, 0.3) is 0 Å². The molecule has 0 fully saturated rings. The summed E-state index contributed by atoms with van der Waals surface area (Å²) >= 11 is 6.13. The van der Waals surface area contributed by atoms with Crippen molar-refractivity contribution in [1.82, 2.24) is 5.32 Å². The molecule has 0 atom stereocenters. The van der Waals surface area contributed by atoms with Gasteiger partial charge in [-0.2, -0.15) is 0 Å². The van der Waals surface area contributed by atoms with E-state index >= 15 is 0 Å². The van der Waals surface area contributed by atoms with E-state index in [2.05, 4.69) is 11.9 Å². The van der Waals surface area contributed by atoms with Gasteiger partial charge in [0.1, 0.15) is 5.76 Å². The highest BCUT2D eigenvalue weighted by Crippen LogP contribution is 2.26. The van der Waals surface area contributed by atoms with E-state index in [1.165, 1.54) is 0 Å². The Morgan fingerprint density at radius 2 is 2.00 bits per heavy atom. The van der Waals surface area contributed by atoms with Crippen molar-refractivity contribution in [2.75, 3.05) is 14.2 Å². The summed E-state index contributed by atoms with van der Waals surface area (Å²) in [6.45, 7) is 7.58. The monoisotopic (exact) mass is 227 g/mol. The lowest BCUT2D eigenvalue weighted by Gasteiger charge is -2.12. The van der Waals surface area contributed by atoms with E-state index in [0.29, 0.717) is 10.8 Å². The second-order valence-electron chi connectivity index (χ2n) is 3.13. The summed E-state index contributed by atoms with van der Waals surface area (Å²) in [6.07, 6.45) is 5.16. The average molecular weight is 228 g/mol. The lowest BCUT2D eigenvalue weighted by Crippen LogP contribution is -2.02. The molecule has 0 aliphatic rings. The molecule has 0 rings (SSSR count). The largest absolute Gasteiger partial charge is 0.495 e. The molecule has 0 amide bonds. The van der Waals surface area contributed by atoms with E-state index in [1.54, 1.807) is 25.5 Å². The summed E-state index contributed by atoms with van der Waals surface area (Å²) in [4.78, 5) is 0. The first-order chi connectivity index (χ1) is 7.08. The topological polar surface area (TPSA) is 21.3 Å². The van der Waals surface area contributed by atoms with Gasteiger partial charge in [-0.1, -0.05) is 29.8 Å². The van der Waals surface area contributed by atoms with Crippen molar-refractivity contribution in [1.29, 1.82) is 0 Å². The number of methoxy groups -OCH3 is 1. The smallest absolute Gasteiger partial charge is 0.143 e. The highest BCUT2D eigenvalue weighted by molar-refractivity contribution is 6.32. The molecule has 0 aromatic heterocycles. The highest BCUT2D eigenvalue weighted by Gasteiger charge is 2.10. The zero-order valence-corrected chi connectivity index (χ0v) is 10.5. The zero-order chi connectivity index (χ0) is 11.8. The van der Waals surface area contributed by atoms with Crippen LogP contribution in [0.1, 0.15) is 13.8 Å². The van der Waals surface area contributed by atoms with Crippen LogP contribution in [0, 0.1) is 0 Å². The van der Waals surface area contributed by atoms with Crippen LogP contribution in [0.25, 0.3) is 0 Å². The number of allylic oxidation sites excluding steroid dienone is 4. The van der Waals surface area contributed by atoms with Gasteiger partial charge in [-0.15, -0.1) is 0 Å². The van der Waals surface area contributed by atoms with Crippen molar-refractivity contribution in [3.8, 4) is 0 Å². The predicted octanol–water partition coefficient (Wildman–Crippen LogP) is 3.34. The maximum absolute atomic E-state index is 6.13. The zero-order valence-electron chi connectivity index (χ0n) is 9.73. The molecule has 0 aliphatic carbocycles. The van der Waals surface area contributed by atoms with E-state index in [0.717, 1.165) is 11.1 Å². The molecule has 0 spiro atoms. The average Bonchev–Trinajstić information content (AvgIpc) is 2.16. The molecule has 0 unspecified atom stereocenters. The molecular formula is C12H18ClNO. The first-order valence-electron chi connectivity index (χ1n) is 4.66. The Morgan fingerprint density at radius 1 is 1.40 bits per heavy atom. The number of halogens is 1. The Bertz CT molecular complexity index is 310. The van der Waals surface area contributed by atoms with E-state index < -0.39 is 0 Å². The van der Waals surface area contributed by atoms with Crippen molar-refractivity contribution in [2.24, 2.45) is 0 Å². The van der Waals surface area contributed by atoms with E-state index in [-0.39, 0.29) is 0 Å². The van der Waals surface area contributed by atoms with Gasteiger partial charge < -0.3 is 10.1 Å². The Kier molecular flexibility index (Phi) is 6.63. The first kappa shape index (κ1) is 13.8. The summed E-state index contributed by atoms with van der Waals surface area (Å²) in [5.74, 6) is 0.709. The summed E-state index contributed by atoms with van der Waals surface area (Å²) in [7, 11) is 3.43. The molecule has 15 heavy (non-hydrogen) atoms. The second kappa shape index (κ2) is 7.18. The van der Waals surface area contributed by atoms with Crippen LogP contribution >= 0.6 is 11.6 Å². The molecule has 2 nitrogen and oxygen atoms in total. The summed E-state index contributed by atoms with van der Waals surface area (Å²) in [6, 6.07) is 0. The normalized spacial score (nSPS) is 12.1. The molecule has 0 saturated carbocycles. The van der Waals surface area contributed by atoms with Crippen LogP contribution in [0.2, 0.25) is 0 Å². The fourth-order valence-electron chi connectivity index (χ4n) is 1.15. The minimum absolute atomic E-state index is 0.619. The van der Waals surface area contributed by atoms with Crippen LogP contribution in [0.3, 0.4) is 0 Å². The molecule has 0 bridgehead atoms. The van der Waals surface area contributed by atoms with E-state index in [9.17, 15) is 0 Å². The molecule has 3 heteroatoms. The van der Waals surface area contributed by atoms with Crippen LogP contribution < -0.4 is 5.32 Å². The lowest BCUT2D eigenvalue weighted by atomic mass is 10.1. The van der Waals surface area contributed by atoms with Crippen molar-refractivity contribution in [2.45, 2.75) is 13.8 Å². The lowest BCUT2D eigenvalue weighted by molar-refractivity contribution is 0.299. The summed E-state index contributed by atoms with van der Waals surface area (Å²) in [5.41, 5.74) is 1.97. The maximum atomic E-state index is 6.13. The number of nitrogens with one attached hydrogen (secondary N) is 1. The van der Waals surface area contributed by atoms with Crippen molar-refractivity contribution in [3.05, 3.63) is 46.9 Å². The van der Waals surface area contributed by atoms with Crippen LogP contribution in [-0.4, -0.2) is 14.2 Å². The number of hydrogen-bond donors (Lipinski definition) is 1. The molecule has 0 aliphatic heterocycles. The molecule has 0 saturated heterocycles. The maximum Gasteiger partial charge on any atom is 0.143 e. The third-order valence-corrected chi connectivity index (χ3v) is 2.06. The van der Waals surface area contributed by atoms with Gasteiger partial charge in [-0.05, 0) is 19.9 Å². The number of ether oxygens (including phenoxy) is 1. The van der Waals surface area contributed by atoms with E-state index in [4.69, 9.17) is 16.3 Å². The highest BCUT2D eigenvalue weighted by atomic mass is 35.5. The van der Waals surface area contributed by atoms with E-state index in [1.807, 2.05) is 20.9 Å². The van der Waals surface area contributed by atoms with Crippen LogP contribution in [0.4, 0.5) is 0 Å². The third-order valence-electron chi connectivity index (χ3n) is 1.74. The van der Waals surface area contributed by atoms with Crippen molar-refractivity contribution < 1.29 is 4.74 Å². The molecule has 0 heterocycles. The van der Waals surface area contributed by atoms with Gasteiger partial charge in [-0.3, -0.25) is 0 Å². The molecule has 0 aromatic rings. The van der Waals surface area contributed by atoms with Crippen LogP contribution in [-0.2, 0) is 4.74 Å². The fourth-order valence-corrected chi connectivity index (χ4v) is 1.53. The van der Waals surface area contributed by atoms with Gasteiger partial charge in [-0.25, -0.2) is 0 Å². The van der Waals surface area contributed by atoms with Gasteiger partial charge in [0.2, 0.25) is 0 Å². The predicted molar refractivity (Wildman–Crippen MR) is 66.7 cm³/mol. The van der Waals surface area contributed by atoms with Crippen LogP contribution in [0.5, 0.6) is 0 Å². The van der Waals surface area contributed by atoms with Gasteiger partial charge in [0.15, 0.2) is 0 Å². The molecule has 1 N–H and O–H groups in total. The molecular weight excluding hydrogens is 210 g/mol. The Morgan fingerprint density at radius 3 is 2.33 bits per heavy atom. The minimum Gasteiger partial charge on any atom is -0.495 e. The number of rotatable bonds is 5. The van der Waals surface area contributed by atoms with Crippen molar-refractivity contribution >= 4 is 11.6 Å². The Hall–Kier alpha value is -1.15. The Labute approximate surface area is 97.0 Å². The Balaban J connectivity index is 5.34. The molecule has 0 radical (unpaired) electrons. The number of hydrogen-bond acceptors (Lipinski definition) is 2. The quantitative estimate of drug-likeness (QED) is 0.575. The minimum atomic E-state index is 0.619. The van der Waals surface area contributed by atoms with Crippen LogP contribution in [0.15, 0.2) is 46.9 Å². The van der Waals surface area contributed by atoms with Crippen molar-refractivity contribution in [3.63, 3.8) is 0 Å². The first-order valence-corrected chi connectivity index (χ1v) is 5.04. The third kappa shape index (κ3) is 4.26. The summed E-state index contributed by atoms with van der Waals surface area (Å²) in [5, 5.41) is 3.54. The SMILES string of the molecule is C=C/C=C(/Cl)C(=C(C)C)/C(=C\NC)OC. The van der Waals surface area contributed by atoms with Gasteiger partial charge >= 0.3 is 0 Å². The second-order valence-corrected chi connectivity index (χ2v) is 3.53. The standard InChI is InChI=1S/C12H18ClNO/c1-6-7-10(13)12(9(2)3)11(15-5)8-14-4/h6-8,14H,1H2,2-5H3/b10-7+,11-8+.